The molecule has 0 unspecified atom stereocenters. The van der Waals surface area contributed by atoms with E-state index in [9.17, 15) is 4.79 Å². The van der Waals surface area contributed by atoms with E-state index in [2.05, 4.69) is 0 Å². The third-order valence-electron chi connectivity index (χ3n) is 4.03. The van der Waals surface area contributed by atoms with Gasteiger partial charge in [-0.1, -0.05) is 42.2 Å². The molecule has 1 fully saturated rings. The molecule has 0 saturated carbocycles. The molecule has 0 bridgehead atoms. The zero-order chi connectivity index (χ0) is 19.4. The van der Waals surface area contributed by atoms with Gasteiger partial charge in [0.05, 0.1) is 23.8 Å². The molecular weight excluding hydrogens is 378 g/mol. The maximum absolute atomic E-state index is 13.0. The Kier molecular flexibility index (Phi) is 6.19. The van der Waals surface area contributed by atoms with E-state index >= 15 is 0 Å². The first-order valence-electron chi connectivity index (χ1n) is 8.78. The normalized spacial score (nSPS) is 15.5. The van der Waals surface area contributed by atoms with E-state index < -0.39 is 0 Å². The van der Waals surface area contributed by atoms with Crippen molar-refractivity contribution in [3.05, 3.63) is 58.5 Å². The van der Waals surface area contributed by atoms with Crippen LogP contribution in [0, 0.1) is 6.92 Å². The van der Waals surface area contributed by atoms with Crippen molar-refractivity contribution in [1.29, 1.82) is 0 Å². The fraction of sp³-hybridized carbons (Fsp3) is 0.238. The summed E-state index contributed by atoms with van der Waals surface area (Å²) in [4.78, 5) is 15.2. The maximum Gasteiger partial charge on any atom is 0.270 e. The Hall–Kier alpha value is -2.31. The van der Waals surface area contributed by atoms with Crippen LogP contribution >= 0.6 is 24.0 Å². The number of benzene rings is 2. The number of nitrogens with zero attached hydrogens (tertiary/aromatic N) is 1. The number of aryl methyl sites for hydroxylation is 1. The smallest absolute Gasteiger partial charge is 0.270 e. The molecule has 1 amide bonds. The molecule has 1 aliphatic heterocycles. The second-order valence-corrected chi connectivity index (χ2v) is 7.55. The molecule has 4 nitrogen and oxygen atoms in total. The van der Waals surface area contributed by atoms with Gasteiger partial charge in [0.1, 0.15) is 11.5 Å². The van der Waals surface area contributed by atoms with E-state index in [1.807, 2.05) is 69.3 Å². The minimum Gasteiger partial charge on any atom is -0.494 e. The van der Waals surface area contributed by atoms with Gasteiger partial charge >= 0.3 is 0 Å². The lowest BCUT2D eigenvalue weighted by atomic mass is 10.1. The van der Waals surface area contributed by atoms with Crippen LogP contribution < -0.4 is 14.4 Å². The Labute approximate surface area is 169 Å². The fourth-order valence-corrected chi connectivity index (χ4v) is 4.08. The number of thiocarbonyl (C=S) groups is 1. The summed E-state index contributed by atoms with van der Waals surface area (Å²) in [6, 6.07) is 13.4. The number of carbonyl (C=O) groups is 1. The van der Waals surface area contributed by atoms with Gasteiger partial charge in [0, 0.05) is 11.6 Å². The average molecular weight is 400 g/mol. The van der Waals surface area contributed by atoms with Crippen molar-refractivity contribution < 1.29 is 14.3 Å². The molecule has 0 aromatic heterocycles. The van der Waals surface area contributed by atoms with E-state index in [-0.39, 0.29) is 5.91 Å². The first-order chi connectivity index (χ1) is 13.0. The van der Waals surface area contributed by atoms with E-state index in [4.69, 9.17) is 21.7 Å². The van der Waals surface area contributed by atoms with Gasteiger partial charge < -0.3 is 9.47 Å². The van der Waals surface area contributed by atoms with Gasteiger partial charge in [0.15, 0.2) is 4.32 Å². The number of rotatable bonds is 6. The molecule has 1 aliphatic rings. The number of hydrogen-bond acceptors (Lipinski definition) is 5. The number of para-hydroxylation sites is 1. The van der Waals surface area contributed by atoms with Gasteiger partial charge in [0.25, 0.3) is 5.91 Å². The average Bonchev–Trinajstić information content (AvgIpc) is 2.92. The van der Waals surface area contributed by atoms with Crippen molar-refractivity contribution in [2.24, 2.45) is 0 Å². The molecule has 0 atom stereocenters. The third-order valence-corrected chi connectivity index (χ3v) is 5.33. The quantitative estimate of drug-likeness (QED) is 0.493. The molecule has 1 heterocycles. The maximum atomic E-state index is 13.0. The van der Waals surface area contributed by atoms with Crippen LogP contribution in [0.5, 0.6) is 11.5 Å². The number of anilines is 1. The highest BCUT2D eigenvalue weighted by Crippen LogP contribution is 2.38. The number of carbonyl (C=O) groups excluding carboxylic acids is 1. The van der Waals surface area contributed by atoms with Crippen LogP contribution in [0.25, 0.3) is 6.08 Å². The SMILES string of the molecule is CCOc1ccc(C=C2SC(=S)N(c3ccccc3C)C2=O)c(OCC)c1. The van der Waals surface area contributed by atoms with Crippen molar-refractivity contribution in [3.63, 3.8) is 0 Å². The second-order valence-electron chi connectivity index (χ2n) is 5.87. The van der Waals surface area contributed by atoms with Gasteiger partial charge in [-0.05, 0) is 50.6 Å². The number of hydrogen-bond donors (Lipinski definition) is 0. The number of ether oxygens (including phenoxy) is 2. The number of amides is 1. The van der Waals surface area contributed by atoms with Crippen molar-refractivity contribution in [2.45, 2.75) is 20.8 Å². The van der Waals surface area contributed by atoms with Crippen LogP contribution in [0.4, 0.5) is 5.69 Å². The monoisotopic (exact) mass is 399 g/mol. The molecule has 0 radical (unpaired) electrons. The van der Waals surface area contributed by atoms with Crippen LogP contribution in [0.1, 0.15) is 25.0 Å². The third kappa shape index (κ3) is 4.17. The minimum atomic E-state index is -0.115. The van der Waals surface area contributed by atoms with Crippen molar-refractivity contribution in [3.8, 4) is 11.5 Å². The Balaban J connectivity index is 1.95. The minimum absolute atomic E-state index is 0.115. The zero-order valence-corrected chi connectivity index (χ0v) is 17.2. The molecule has 0 N–H and O–H groups in total. The highest BCUT2D eigenvalue weighted by molar-refractivity contribution is 8.27. The zero-order valence-electron chi connectivity index (χ0n) is 15.5. The lowest BCUT2D eigenvalue weighted by molar-refractivity contribution is -0.113. The fourth-order valence-electron chi connectivity index (χ4n) is 2.80. The summed E-state index contributed by atoms with van der Waals surface area (Å²) < 4.78 is 11.8. The van der Waals surface area contributed by atoms with Crippen LogP contribution in [-0.4, -0.2) is 23.4 Å². The van der Waals surface area contributed by atoms with Crippen LogP contribution in [0.15, 0.2) is 47.4 Å². The van der Waals surface area contributed by atoms with Crippen LogP contribution in [-0.2, 0) is 4.79 Å². The first kappa shape index (κ1) is 19.5. The van der Waals surface area contributed by atoms with E-state index in [1.165, 1.54) is 11.8 Å². The predicted molar refractivity (Wildman–Crippen MR) is 116 cm³/mol. The molecule has 0 aliphatic carbocycles. The van der Waals surface area contributed by atoms with Crippen molar-refractivity contribution in [1.82, 2.24) is 0 Å². The Morgan fingerprint density at radius 1 is 1.11 bits per heavy atom. The van der Waals surface area contributed by atoms with E-state index in [1.54, 1.807) is 4.90 Å². The van der Waals surface area contributed by atoms with Crippen LogP contribution in [0.3, 0.4) is 0 Å². The standard InChI is InChI=1S/C21H21NO3S2/c1-4-24-16-11-10-15(18(13-16)25-5-2)12-19-20(23)22(21(26)27-19)17-9-7-6-8-14(17)3/h6-13H,4-5H2,1-3H3. The molecule has 6 heteroatoms. The van der Waals surface area contributed by atoms with Crippen molar-refractivity contribution >= 4 is 46.0 Å². The Morgan fingerprint density at radius 2 is 1.85 bits per heavy atom. The molecule has 0 spiro atoms. The summed E-state index contributed by atoms with van der Waals surface area (Å²) in [5, 5.41) is 0. The van der Waals surface area contributed by atoms with Gasteiger partial charge in [-0.3, -0.25) is 9.69 Å². The molecular formula is C21H21NO3S2. The van der Waals surface area contributed by atoms with E-state index in [0.717, 1.165) is 22.6 Å². The molecule has 1 saturated heterocycles. The first-order valence-corrected chi connectivity index (χ1v) is 10.0. The summed E-state index contributed by atoms with van der Waals surface area (Å²) in [5.41, 5.74) is 2.65. The predicted octanol–water partition coefficient (Wildman–Crippen LogP) is 5.20. The topological polar surface area (TPSA) is 38.8 Å². The summed E-state index contributed by atoms with van der Waals surface area (Å²) in [7, 11) is 0. The lowest BCUT2D eigenvalue weighted by Crippen LogP contribution is -2.28. The van der Waals surface area contributed by atoms with Crippen molar-refractivity contribution in [2.75, 3.05) is 18.1 Å². The molecule has 140 valence electrons. The largest absolute Gasteiger partial charge is 0.494 e. The summed E-state index contributed by atoms with van der Waals surface area (Å²) >= 11 is 6.77. The van der Waals surface area contributed by atoms with E-state index in [0.29, 0.717) is 28.2 Å². The van der Waals surface area contributed by atoms with Crippen LogP contribution in [0.2, 0.25) is 0 Å². The molecule has 27 heavy (non-hydrogen) atoms. The summed E-state index contributed by atoms with van der Waals surface area (Å²) in [5.74, 6) is 1.31. The summed E-state index contributed by atoms with van der Waals surface area (Å²) in [6.07, 6.45) is 1.83. The van der Waals surface area contributed by atoms with Gasteiger partial charge in [0.2, 0.25) is 0 Å². The molecule has 2 aromatic carbocycles. The highest BCUT2D eigenvalue weighted by Gasteiger charge is 2.34. The number of thioether (sulfide) groups is 1. The highest BCUT2D eigenvalue weighted by atomic mass is 32.2. The van der Waals surface area contributed by atoms with Gasteiger partial charge in [-0.25, -0.2) is 0 Å². The van der Waals surface area contributed by atoms with Gasteiger partial charge in [-0.15, -0.1) is 0 Å². The Bertz CT molecular complexity index is 908. The molecule has 2 aromatic rings. The summed E-state index contributed by atoms with van der Waals surface area (Å²) in [6.45, 7) is 6.94. The second kappa shape index (κ2) is 8.59. The Morgan fingerprint density at radius 3 is 2.56 bits per heavy atom. The molecule has 3 rings (SSSR count). The lowest BCUT2D eigenvalue weighted by Gasteiger charge is -2.16. The van der Waals surface area contributed by atoms with Gasteiger partial charge in [-0.2, -0.15) is 0 Å².